The average Bonchev–Trinajstić information content (AvgIpc) is 2.67. The molecule has 0 saturated heterocycles. The van der Waals surface area contributed by atoms with Crippen LogP contribution in [0.1, 0.15) is 33.1 Å². The predicted molar refractivity (Wildman–Crippen MR) is 66.6 cm³/mol. The molecule has 0 unspecified atom stereocenters. The first kappa shape index (κ1) is 11.9. The van der Waals surface area contributed by atoms with Crippen molar-refractivity contribution in [3.05, 3.63) is 0 Å². The zero-order valence-electron chi connectivity index (χ0n) is 9.02. The molecule has 3 atom stereocenters. The molecule has 0 radical (unpaired) electrons. The molecule has 0 aromatic carbocycles. The number of halogens is 2. The second kappa shape index (κ2) is 3.22. The van der Waals surface area contributed by atoms with Crippen LogP contribution < -0.4 is 0 Å². The van der Waals surface area contributed by atoms with Crippen LogP contribution in [0.5, 0.6) is 0 Å². The maximum absolute atomic E-state index is 11.6. The van der Waals surface area contributed by atoms with Crippen LogP contribution in [0.3, 0.4) is 0 Å². The third kappa shape index (κ3) is 1.13. The average molecular weight is 340 g/mol. The van der Waals surface area contributed by atoms with Gasteiger partial charge < -0.3 is 5.11 Å². The molecule has 0 aromatic rings. The lowest BCUT2D eigenvalue weighted by Gasteiger charge is -2.49. The summed E-state index contributed by atoms with van der Waals surface area (Å²) in [4.78, 5) is 11.6. The van der Waals surface area contributed by atoms with E-state index in [1.807, 2.05) is 0 Å². The third-order valence-electron chi connectivity index (χ3n) is 4.91. The molecule has 4 heteroatoms. The zero-order valence-corrected chi connectivity index (χ0v) is 12.2. The smallest absolute Gasteiger partial charge is 0.311 e. The Balaban J connectivity index is 2.54. The van der Waals surface area contributed by atoms with E-state index < -0.39 is 11.4 Å². The molecule has 1 N–H and O–H groups in total. The van der Waals surface area contributed by atoms with Gasteiger partial charge in [0.2, 0.25) is 0 Å². The molecule has 2 nitrogen and oxygen atoms in total. The molecule has 86 valence electrons. The van der Waals surface area contributed by atoms with Crippen LogP contribution in [0.15, 0.2) is 0 Å². The lowest BCUT2D eigenvalue weighted by atomic mass is 9.64. The van der Waals surface area contributed by atoms with Gasteiger partial charge in [-0.05, 0) is 30.6 Å². The lowest BCUT2D eigenvalue weighted by Crippen LogP contribution is -2.55. The van der Waals surface area contributed by atoms with Crippen molar-refractivity contribution in [3.63, 3.8) is 0 Å². The summed E-state index contributed by atoms with van der Waals surface area (Å²) in [6.45, 7) is 4.38. The molecular formula is C11H16Br2O2. The molecule has 2 aliphatic rings. The Morgan fingerprint density at radius 1 is 1.53 bits per heavy atom. The Hall–Kier alpha value is 0.430. The molecule has 2 rings (SSSR count). The highest BCUT2D eigenvalue weighted by Gasteiger charge is 2.72. The van der Waals surface area contributed by atoms with Gasteiger partial charge in [0.15, 0.2) is 0 Å². The first-order valence-corrected chi connectivity index (χ1v) is 7.21. The summed E-state index contributed by atoms with van der Waals surface area (Å²) in [5, 5.41) is 10.2. The monoisotopic (exact) mass is 338 g/mol. The van der Waals surface area contributed by atoms with Crippen LogP contribution in [0.4, 0.5) is 0 Å². The maximum Gasteiger partial charge on any atom is 0.311 e. The lowest BCUT2D eigenvalue weighted by molar-refractivity contribution is -0.150. The van der Waals surface area contributed by atoms with E-state index in [-0.39, 0.29) is 9.74 Å². The van der Waals surface area contributed by atoms with Crippen molar-refractivity contribution >= 4 is 37.8 Å². The fourth-order valence-corrected chi connectivity index (χ4v) is 5.74. The molecule has 15 heavy (non-hydrogen) atoms. The number of hydrogen-bond acceptors (Lipinski definition) is 1. The van der Waals surface area contributed by atoms with E-state index in [1.165, 1.54) is 0 Å². The topological polar surface area (TPSA) is 37.3 Å². The van der Waals surface area contributed by atoms with E-state index in [0.29, 0.717) is 11.2 Å². The van der Waals surface area contributed by atoms with Crippen molar-refractivity contribution in [2.24, 2.45) is 16.7 Å². The Bertz CT molecular complexity index is 316. The highest BCUT2D eigenvalue weighted by Crippen LogP contribution is 2.71. The van der Waals surface area contributed by atoms with Gasteiger partial charge in [0.25, 0.3) is 0 Å². The van der Waals surface area contributed by atoms with Crippen molar-refractivity contribution in [2.45, 2.75) is 37.4 Å². The summed E-state index contributed by atoms with van der Waals surface area (Å²) >= 11 is 7.26. The van der Waals surface area contributed by atoms with Crippen LogP contribution in [-0.4, -0.2) is 20.7 Å². The molecule has 2 fully saturated rings. The number of aliphatic carboxylic acids is 1. The second-order valence-corrected chi connectivity index (χ2v) is 7.40. The number of hydrogen-bond donors (Lipinski definition) is 1. The molecule has 0 aliphatic heterocycles. The van der Waals surface area contributed by atoms with Gasteiger partial charge in [-0.1, -0.05) is 45.7 Å². The van der Waals surface area contributed by atoms with Crippen LogP contribution in [-0.2, 0) is 4.79 Å². The minimum Gasteiger partial charge on any atom is -0.481 e. The van der Waals surface area contributed by atoms with E-state index in [4.69, 9.17) is 0 Å². The Labute approximate surface area is 107 Å². The Morgan fingerprint density at radius 3 is 2.53 bits per heavy atom. The van der Waals surface area contributed by atoms with Crippen LogP contribution in [0.25, 0.3) is 0 Å². The molecule has 2 bridgehead atoms. The molecule has 2 aliphatic carbocycles. The van der Waals surface area contributed by atoms with Gasteiger partial charge in [0.1, 0.15) is 0 Å². The van der Waals surface area contributed by atoms with Gasteiger partial charge in [-0.25, -0.2) is 0 Å². The fraction of sp³-hybridized carbons (Fsp3) is 0.909. The molecular weight excluding hydrogens is 324 g/mol. The largest absolute Gasteiger partial charge is 0.481 e. The summed E-state index contributed by atoms with van der Waals surface area (Å²) in [7, 11) is 0. The third-order valence-corrected chi connectivity index (χ3v) is 8.56. The van der Waals surface area contributed by atoms with Crippen molar-refractivity contribution in [2.75, 3.05) is 5.33 Å². The number of rotatable bonds is 2. The Kier molecular flexibility index (Phi) is 2.56. The quantitative estimate of drug-likeness (QED) is 0.782. The SMILES string of the molecule is CC1(C)[C@@H]2CC[C@](C(=O)O)(C2)[C@]1(Br)CBr. The zero-order chi connectivity index (χ0) is 11.5. The van der Waals surface area contributed by atoms with E-state index in [9.17, 15) is 9.90 Å². The van der Waals surface area contributed by atoms with E-state index >= 15 is 0 Å². The minimum atomic E-state index is -0.633. The van der Waals surface area contributed by atoms with Gasteiger partial charge in [-0.2, -0.15) is 0 Å². The molecule has 2 saturated carbocycles. The van der Waals surface area contributed by atoms with E-state index in [2.05, 4.69) is 45.7 Å². The fourth-order valence-electron chi connectivity index (χ4n) is 3.63. The first-order valence-electron chi connectivity index (χ1n) is 5.30. The molecule has 0 aromatic heterocycles. The molecule has 0 amide bonds. The maximum atomic E-state index is 11.6. The normalized spacial score (nSPS) is 47.1. The summed E-state index contributed by atoms with van der Waals surface area (Å²) in [5.41, 5.74) is -0.516. The number of carboxylic acid groups (broad SMARTS) is 1. The van der Waals surface area contributed by atoms with Gasteiger partial charge in [-0.15, -0.1) is 0 Å². The molecule has 0 spiro atoms. The van der Waals surface area contributed by atoms with Gasteiger partial charge in [-0.3, -0.25) is 4.79 Å². The molecule has 0 heterocycles. The van der Waals surface area contributed by atoms with Crippen LogP contribution in [0, 0.1) is 16.7 Å². The van der Waals surface area contributed by atoms with Gasteiger partial charge in [0, 0.05) is 5.33 Å². The summed E-state index contributed by atoms with van der Waals surface area (Å²) < 4.78 is -0.304. The van der Waals surface area contributed by atoms with E-state index in [1.54, 1.807) is 0 Å². The summed E-state index contributed by atoms with van der Waals surface area (Å²) in [6, 6.07) is 0. The summed E-state index contributed by atoms with van der Waals surface area (Å²) in [5.74, 6) is -0.0996. The van der Waals surface area contributed by atoms with Crippen molar-refractivity contribution in [1.82, 2.24) is 0 Å². The highest BCUT2D eigenvalue weighted by atomic mass is 79.9. The minimum absolute atomic E-state index is 0.0488. The van der Waals surface area contributed by atoms with Gasteiger partial charge >= 0.3 is 5.97 Å². The standard InChI is InChI=1S/C11H16Br2O2/c1-9(2)7-3-4-10(5-7,8(14)15)11(9,13)6-12/h7H,3-6H2,1-2H3,(H,14,15)/t7-,10-,11+/m1/s1. The van der Waals surface area contributed by atoms with Crippen molar-refractivity contribution in [1.29, 1.82) is 0 Å². The number of alkyl halides is 2. The highest BCUT2D eigenvalue weighted by molar-refractivity contribution is 9.12. The van der Waals surface area contributed by atoms with Crippen molar-refractivity contribution in [3.8, 4) is 0 Å². The van der Waals surface area contributed by atoms with Gasteiger partial charge in [0.05, 0.1) is 9.74 Å². The van der Waals surface area contributed by atoms with Crippen LogP contribution in [0.2, 0.25) is 0 Å². The Morgan fingerprint density at radius 2 is 2.13 bits per heavy atom. The van der Waals surface area contributed by atoms with Crippen molar-refractivity contribution < 1.29 is 9.90 Å². The number of carbonyl (C=O) groups is 1. The summed E-state index contributed by atoms with van der Waals surface area (Å²) in [6.07, 6.45) is 2.69. The van der Waals surface area contributed by atoms with E-state index in [0.717, 1.165) is 19.3 Å². The number of carboxylic acids is 1. The predicted octanol–water partition coefficient (Wildman–Crippen LogP) is 3.43. The second-order valence-electron chi connectivity index (χ2n) is 5.48. The first-order chi connectivity index (χ1) is 6.82. The number of fused-ring (bicyclic) bond motifs is 2. The van der Waals surface area contributed by atoms with Crippen LogP contribution >= 0.6 is 31.9 Å².